The quantitative estimate of drug-likeness (QED) is 0.518. The zero-order valence-electron chi connectivity index (χ0n) is 13.5. The normalized spacial score (nSPS) is 13.3. The van der Waals surface area contributed by atoms with E-state index in [-0.39, 0.29) is 0 Å². The van der Waals surface area contributed by atoms with E-state index in [1.807, 2.05) is 0 Å². The van der Waals surface area contributed by atoms with E-state index in [1.54, 1.807) is 0 Å². The van der Waals surface area contributed by atoms with Crippen LogP contribution in [0.5, 0.6) is 0 Å². The number of hydrogen-bond donors (Lipinski definition) is 0. The van der Waals surface area contributed by atoms with Crippen molar-refractivity contribution in [3.05, 3.63) is 47.3 Å². The number of rotatable bonds is 7. The Morgan fingerprint density at radius 1 is 1.14 bits per heavy atom. The third-order valence-corrected chi connectivity index (χ3v) is 4.77. The third kappa shape index (κ3) is 2.75. The molecule has 22 heavy (non-hydrogen) atoms. The first-order valence-corrected chi connectivity index (χ1v) is 8.61. The molecule has 0 saturated heterocycles. The van der Waals surface area contributed by atoms with Gasteiger partial charge in [-0.1, -0.05) is 56.5 Å². The third-order valence-electron chi connectivity index (χ3n) is 4.77. The first-order chi connectivity index (χ1) is 10.9. The van der Waals surface area contributed by atoms with Crippen LogP contribution in [0.15, 0.2) is 30.3 Å². The van der Waals surface area contributed by atoms with Gasteiger partial charge in [0.15, 0.2) is 6.29 Å². The fraction of sp³-hybridized carbons (Fsp3) is 0.450. The van der Waals surface area contributed by atoms with Gasteiger partial charge < -0.3 is 4.57 Å². The molecule has 2 nitrogen and oxygen atoms in total. The molecule has 0 N–H and O–H groups in total. The Balaban J connectivity index is 2.01. The van der Waals surface area contributed by atoms with Gasteiger partial charge in [0.25, 0.3) is 0 Å². The molecule has 0 aliphatic carbocycles. The van der Waals surface area contributed by atoms with Crippen LogP contribution in [0, 0.1) is 0 Å². The molecule has 1 aliphatic heterocycles. The Morgan fingerprint density at radius 2 is 1.95 bits per heavy atom. The van der Waals surface area contributed by atoms with Crippen molar-refractivity contribution in [2.75, 3.05) is 0 Å². The number of carbonyl (C=O) groups is 1. The highest BCUT2D eigenvalue weighted by atomic mass is 16.1. The fourth-order valence-electron chi connectivity index (χ4n) is 3.73. The van der Waals surface area contributed by atoms with Crippen LogP contribution in [0.25, 0.3) is 11.1 Å². The zero-order valence-corrected chi connectivity index (χ0v) is 13.5. The van der Waals surface area contributed by atoms with Crippen LogP contribution < -0.4 is 0 Å². The molecule has 0 amide bonds. The zero-order chi connectivity index (χ0) is 15.4. The van der Waals surface area contributed by atoms with E-state index in [1.165, 1.54) is 48.1 Å². The number of fused-ring (bicyclic) bond motifs is 1. The van der Waals surface area contributed by atoms with E-state index in [9.17, 15) is 4.79 Å². The van der Waals surface area contributed by atoms with Crippen molar-refractivity contribution in [3.63, 3.8) is 0 Å². The number of unbranched alkanes of at least 4 members (excludes halogenated alkanes) is 3. The van der Waals surface area contributed by atoms with Crippen LogP contribution in [0.3, 0.4) is 0 Å². The van der Waals surface area contributed by atoms with Crippen LogP contribution in [0.4, 0.5) is 0 Å². The van der Waals surface area contributed by atoms with Crippen LogP contribution in [-0.2, 0) is 19.4 Å². The van der Waals surface area contributed by atoms with E-state index >= 15 is 0 Å². The highest BCUT2D eigenvalue weighted by Gasteiger charge is 2.25. The van der Waals surface area contributed by atoms with Gasteiger partial charge in [0.1, 0.15) is 0 Å². The van der Waals surface area contributed by atoms with Gasteiger partial charge in [-0.25, -0.2) is 0 Å². The molecule has 0 spiro atoms. The lowest BCUT2D eigenvalue weighted by Gasteiger charge is -2.08. The minimum absolute atomic E-state index is 0.933. The molecule has 116 valence electrons. The van der Waals surface area contributed by atoms with Crippen LogP contribution in [-0.4, -0.2) is 10.9 Å². The first-order valence-electron chi connectivity index (χ1n) is 8.61. The van der Waals surface area contributed by atoms with Gasteiger partial charge in [0.05, 0.1) is 5.69 Å². The average molecular weight is 295 g/mol. The molecule has 1 aliphatic rings. The summed E-state index contributed by atoms with van der Waals surface area (Å²) in [7, 11) is 0. The van der Waals surface area contributed by atoms with E-state index in [4.69, 9.17) is 0 Å². The molecule has 0 bridgehead atoms. The summed E-state index contributed by atoms with van der Waals surface area (Å²) in [6.45, 7) is 3.23. The minimum Gasteiger partial charge on any atom is -0.342 e. The molecule has 0 unspecified atom stereocenters. The molecule has 0 atom stereocenters. The Labute approximate surface area is 133 Å². The summed E-state index contributed by atoms with van der Waals surface area (Å²) in [5, 5.41) is 0. The fourth-order valence-corrected chi connectivity index (χ4v) is 3.73. The van der Waals surface area contributed by atoms with Gasteiger partial charge in [0.2, 0.25) is 0 Å². The van der Waals surface area contributed by atoms with Crippen molar-refractivity contribution < 1.29 is 4.79 Å². The minimum atomic E-state index is 0.933. The van der Waals surface area contributed by atoms with Crippen molar-refractivity contribution in [2.45, 2.75) is 58.4 Å². The molecule has 0 saturated carbocycles. The van der Waals surface area contributed by atoms with Crippen LogP contribution in [0.2, 0.25) is 0 Å². The van der Waals surface area contributed by atoms with Gasteiger partial charge >= 0.3 is 0 Å². The predicted octanol–water partition coefficient (Wildman–Crippen LogP) is 5.04. The number of carbonyl (C=O) groups excluding carboxylic acids is 1. The highest BCUT2D eigenvalue weighted by Crippen LogP contribution is 2.37. The summed E-state index contributed by atoms with van der Waals surface area (Å²) < 4.78 is 2.27. The molecule has 2 aromatic rings. The maximum atomic E-state index is 11.7. The van der Waals surface area contributed by atoms with Crippen molar-refractivity contribution in [3.8, 4) is 11.1 Å². The summed E-state index contributed by atoms with van der Waals surface area (Å²) in [5.74, 6) is 0. The Kier molecular flexibility index (Phi) is 4.77. The van der Waals surface area contributed by atoms with Crippen molar-refractivity contribution >= 4 is 6.29 Å². The Morgan fingerprint density at radius 3 is 2.68 bits per heavy atom. The van der Waals surface area contributed by atoms with E-state index in [0.717, 1.165) is 37.8 Å². The van der Waals surface area contributed by atoms with Gasteiger partial charge in [-0.05, 0) is 36.8 Å². The number of hydrogen-bond acceptors (Lipinski definition) is 1. The molecule has 0 fully saturated rings. The molecule has 2 heteroatoms. The molecule has 3 rings (SSSR count). The van der Waals surface area contributed by atoms with E-state index < -0.39 is 0 Å². The average Bonchev–Trinajstić information content (AvgIpc) is 3.12. The number of nitrogens with zero attached hydrogens (tertiary/aromatic N) is 1. The number of benzene rings is 1. The van der Waals surface area contributed by atoms with Crippen LogP contribution in [0.1, 0.15) is 60.8 Å². The lowest BCUT2D eigenvalue weighted by Crippen LogP contribution is -2.00. The summed E-state index contributed by atoms with van der Waals surface area (Å²) in [4.78, 5) is 11.7. The molecule has 1 aromatic carbocycles. The second-order valence-corrected chi connectivity index (χ2v) is 6.24. The number of aldehydes is 1. The Hall–Kier alpha value is -1.83. The predicted molar refractivity (Wildman–Crippen MR) is 91.4 cm³/mol. The molecule has 0 radical (unpaired) electrons. The lowest BCUT2D eigenvalue weighted by atomic mass is 9.95. The second-order valence-electron chi connectivity index (χ2n) is 6.24. The van der Waals surface area contributed by atoms with Crippen molar-refractivity contribution in [1.82, 2.24) is 4.57 Å². The van der Waals surface area contributed by atoms with Gasteiger partial charge in [-0.15, -0.1) is 0 Å². The Bertz CT molecular complexity index is 639. The van der Waals surface area contributed by atoms with E-state index in [2.05, 4.69) is 41.8 Å². The van der Waals surface area contributed by atoms with Gasteiger partial charge in [0, 0.05) is 17.8 Å². The summed E-state index contributed by atoms with van der Waals surface area (Å²) in [5.41, 5.74) is 6.21. The van der Waals surface area contributed by atoms with Gasteiger partial charge in [-0.2, -0.15) is 0 Å². The van der Waals surface area contributed by atoms with Crippen molar-refractivity contribution in [1.29, 1.82) is 0 Å². The topological polar surface area (TPSA) is 22.0 Å². The number of aromatic nitrogens is 1. The standard InChI is InChI=1S/C20H25NO/c1-2-3-4-8-12-17-19(15-22)21-14-9-13-18(21)20(17)16-10-6-5-7-11-16/h5-7,10-11,15H,2-4,8-9,12-14H2,1H3. The monoisotopic (exact) mass is 295 g/mol. The second kappa shape index (κ2) is 6.95. The molecular formula is C20H25NO. The first kappa shape index (κ1) is 15.1. The molecule has 1 aromatic heterocycles. The smallest absolute Gasteiger partial charge is 0.166 e. The largest absolute Gasteiger partial charge is 0.342 e. The lowest BCUT2D eigenvalue weighted by molar-refractivity contribution is 0.111. The highest BCUT2D eigenvalue weighted by molar-refractivity contribution is 5.84. The molecule has 2 heterocycles. The summed E-state index contributed by atoms with van der Waals surface area (Å²) in [6.07, 6.45) is 9.32. The van der Waals surface area contributed by atoms with E-state index in [0.29, 0.717) is 0 Å². The SMILES string of the molecule is CCCCCCc1c(-c2ccccc2)c2n(c1C=O)CCC2. The van der Waals surface area contributed by atoms with Crippen LogP contribution >= 0.6 is 0 Å². The summed E-state index contributed by atoms with van der Waals surface area (Å²) in [6, 6.07) is 10.6. The maximum Gasteiger partial charge on any atom is 0.166 e. The summed E-state index contributed by atoms with van der Waals surface area (Å²) >= 11 is 0. The maximum absolute atomic E-state index is 11.7. The van der Waals surface area contributed by atoms with Crippen molar-refractivity contribution in [2.24, 2.45) is 0 Å². The van der Waals surface area contributed by atoms with Gasteiger partial charge in [-0.3, -0.25) is 4.79 Å². The molecular weight excluding hydrogens is 270 g/mol.